The predicted octanol–water partition coefficient (Wildman–Crippen LogP) is 0.0650. The fourth-order valence-corrected chi connectivity index (χ4v) is 1.19. The minimum absolute atomic E-state index is 0.179. The van der Waals surface area contributed by atoms with Gasteiger partial charge in [-0.25, -0.2) is 4.68 Å². The summed E-state index contributed by atoms with van der Waals surface area (Å²) in [6.45, 7) is 1.50. The maximum Gasteiger partial charge on any atom is 0.287 e. The van der Waals surface area contributed by atoms with E-state index in [9.17, 15) is 4.79 Å². The molecule has 0 bridgehead atoms. The molecular formula is C8H13ClN4O. The van der Waals surface area contributed by atoms with Gasteiger partial charge in [0.05, 0.1) is 11.9 Å². The maximum atomic E-state index is 11.3. The van der Waals surface area contributed by atoms with Crippen molar-refractivity contribution >= 4 is 17.3 Å². The Kier molecular flexibility index (Phi) is 3.91. The summed E-state index contributed by atoms with van der Waals surface area (Å²) in [7, 11) is 3.41. The van der Waals surface area contributed by atoms with Gasteiger partial charge in [0.2, 0.25) is 0 Å². The Morgan fingerprint density at radius 2 is 2.29 bits per heavy atom. The van der Waals surface area contributed by atoms with Crippen LogP contribution in [-0.4, -0.2) is 29.9 Å². The summed E-state index contributed by atoms with van der Waals surface area (Å²) in [6, 6.07) is 0. The van der Waals surface area contributed by atoms with E-state index in [2.05, 4.69) is 15.7 Å². The number of anilines is 1. The number of nitrogens with one attached hydrogen (secondary N) is 2. The van der Waals surface area contributed by atoms with Crippen molar-refractivity contribution in [2.45, 2.75) is 0 Å². The predicted molar refractivity (Wildman–Crippen MR) is 56.9 cm³/mol. The largest absolute Gasteiger partial charge is 0.381 e. The van der Waals surface area contributed by atoms with Gasteiger partial charge in [-0.3, -0.25) is 4.79 Å². The number of halogens is 1. The normalized spacial score (nSPS) is 10.2. The topological polar surface area (TPSA) is 59.0 Å². The van der Waals surface area contributed by atoms with Crippen LogP contribution in [0.3, 0.4) is 0 Å². The molecular weight excluding hydrogens is 204 g/mol. The second kappa shape index (κ2) is 4.97. The van der Waals surface area contributed by atoms with Crippen LogP contribution in [-0.2, 0) is 7.05 Å². The van der Waals surface area contributed by atoms with Gasteiger partial charge < -0.3 is 10.6 Å². The quantitative estimate of drug-likeness (QED) is 0.700. The molecule has 78 valence electrons. The van der Waals surface area contributed by atoms with Gasteiger partial charge in [-0.05, 0) is 7.05 Å². The number of hydrogen-bond acceptors (Lipinski definition) is 4. The van der Waals surface area contributed by atoms with Crippen molar-refractivity contribution in [3.05, 3.63) is 21.6 Å². The molecule has 0 aromatic carbocycles. The van der Waals surface area contributed by atoms with E-state index in [0.717, 1.165) is 6.54 Å². The van der Waals surface area contributed by atoms with Crippen molar-refractivity contribution in [1.29, 1.82) is 0 Å². The minimum atomic E-state index is -0.291. The lowest BCUT2D eigenvalue weighted by Gasteiger charge is -2.07. The van der Waals surface area contributed by atoms with Gasteiger partial charge in [0, 0.05) is 20.1 Å². The molecule has 0 spiro atoms. The molecule has 1 aromatic rings. The maximum absolute atomic E-state index is 11.3. The van der Waals surface area contributed by atoms with Crippen LogP contribution in [0, 0.1) is 0 Å². The Morgan fingerprint density at radius 1 is 1.57 bits per heavy atom. The van der Waals surface area contributed by atoms with Gasteiger partial charge in [0.25, 0.3) is 5.56 Å². The lowest BCUT2D eigenvalue weighted by molar-refractivity contribution is 0.707. The second-order valence-electron chi connectivity index (χ2n) is 2.83. The first kappa shape index (κ1) is 11.0. The fourth-order valence-electron chi connectivity index (χ4n) is 0.956. The molecule has 0 aliphatic rings. The summed E-state index contributed by atoms with van der Waals surface area (Å²) < 4.78 is 1.20. The third-order valence-corrected chi connectivity index (χ3v) is 2.13. The summed E-state index contributed by atoms with van der Waals surface area (Å²) >= 11 is 5.82. The van der Waals surface area contributed by atoms with E-state index < -0.39 is 0 Å². The van der Waals surface area contributed by atoms with E-state index in [0.29, 0.717) is 12.2 Å². The summed E-state index contributed by atoms with van der Waals surface area (Å²) in [6.07, 6.45) is 1.54. The molecule has 1 aromatic heterocycles. The lowest BCUT2D eigenvalue weighted by Crippen LogP contribution is -2.23. The van der Waals surface area contributed by atoms with Gasteiger partial charge in [0.15, 0.2) is 0 Å². The van der Waals surface area contributed by atoms with Crippen molar-refractivity contribution in [3.8, 4) is 0 Å². The standard InChI is InChI=1S/C8H13ClN4O/c1-10-3-4-11-6-5-12-13(2)8(14)7(6)9/h5,10-11H,3-4H2,1-2H3. The average molecular weight is 217 g/mol. The van der Waals surface area contributed by atoms with E-state index in [-0.39, 0.29) is 10.6 Å². The molecule has 5 nitrogen and oxygen atoms in total. The first-order valence-electron chi connectivity index (χ1n) is 4.27. The summed E-state index contributed by atoms with van der Waals surface area (Å²) in [5.74, 6) is 0. The van der Waals surface area contributed by atoms with E-state index in [4.69, 9.17) is 11.6 Å². The van der Waals surface area contributed by atoms with Crippen LogP contribution in [0.5, 0.6) is 0 Å². The van der Waals surface area contributed by atoms with Crippen LogP contribution in [0.15, 0.2) is 11.0 Å². The van der Waals surface area contributed by atoms with Crippen molar-refractivity contribution < 1.29 is 0 Å². The summed E-state index contributed by atoms with van der Waals surface area (Å²) in [5.41, 5.74) is 0.283. The van der Waals surface area contributed by atoms with Gasteiger partial charge in [-0.2, -0.15) is 5.10 Å². The zero-order chi connectivity index (χ0) is 10.6. The third kappa shape index (κ3) is 2.46. The molecule has 0 saturated heterocycles. The number of rotatable bonds is 4. The summed E-state index contributed by atoms with van der Waals surface area (Å²) in [4.78, 5) is 11.3. The highest BCUT2D eigenvalue weighted by Crippen LogP contribution is 2.13. The van der Waals surface area contributed by atoms with Crippen LogP contribution in [0.25, 0.3) is 0 Å². The van der Waals surface area contributed by atoms with Gasteiger partial charge in [-0.1, -0.05) is 11.6 Å². The van der Waals surface area contributed by atoms with Crippen LogP contribution in [0.2, 0.25) is 5.02 Å². The Labute approximate surface area is 87.1 Å². The molecule has 0 amide bonds. The molecule has 6 heteroatoms. The van der Waals surface area contributed by atoms with Gasteiger partial charge in [-0.15, -0.1) is 0 Å². The van der Waals surface area contributed by atoms with Crippen molar-refractivity contribution in [1.82, 2.24) is 15.1 Å². The van der Waals surface area contributed by atoms with E-state index in [1.165, 1.54) is 4.68 Å². The van der Waals surface area contributed by atoms with Gasteiger partial charge in [0.1, 0.15) is 5.02 Å². The number of nitrogens with zero attached hydrogens (tertiary/aromatic N) is 2. The highest BCUT2D eigenvalue weighted by Gasteiger charge is 2.05. The fraction of sp³-hybridized carbons (Fsp3) is 0.500. The lowest BCUT2D eigenvalue weighted by atomic mass is 10.4. The highest BCUT2D eigenvalue weighted by molar-refractivity contribution is 6.32. The molecule has 0 aliphatic carbocycles. The zero-order valence-electron chi connectivity index (χ0n) is 8.17. The highest BCUT2D eigenvalue weighted by atomic mass is 35.5. The van der Waals surface area contributed by atoms with Crippen LogP contribution >= 0.6 is 11.6 Å². The Morgan fingerprint density at radius 3 is 2.93 bits per heavy atom. The first-order chi connectivity index (χ1) is 6.66. The Balaban J connectivity index is 2.79. The second-order valence-corrected chi connectivity index (χ2v) is 3.21. The third-order valence-electron chi connectivity index (χ3n) is 1.77. The average Bonchev–Trinajstić information content (AvgIpc) is 2.18. The molecule has 1 rings (SSSR count). The van der Waals surface area contributed by atoms with Gasteiger partial charge >= 0.3 is 0 Å². The number of likely N-dealkylation sites (N-methyl/N-ethyl adjacent to an activating group) is 1. The van der Waals surface area contributed by atoms with E-state index in [1.54, 1.807) is 13.2 Å². The number of aryl methyl sites for hydroxylation is 1. The molecule has 0 radical (unpaired) electrons. The summed E-state index contributed by atoms with van der Waals surface area (Å²) in [5, 5.41) is 10.0. The van der Waals surface area contributed by atoms with E-state index >= 15 is 0 Å². The molecule has 0 saturated carbocycles. The number of hydrogen-bond donors (Lipinski definition) is 2. The molecule has 14 heavy (non-hydrogen) atoms. The monoisotopic (exact) mass is 216 g/mol. The van der Waals surface area contributed by atoms with Crippen molar-refractivity contribution in [3.63, 3.8) is 0 Å². The minimum Gasteiger partial charge on any atom is -0.381 e. The Bertz CT molecular complexity index is 363. The molecule has 2 N–H and O–H groups in total. The molecule has 0 fully saturated rings. The van der Waals surface area contributed by atoms with Crippen LogP contribution in [0.4, 0.5) is 5.69 Å². The molecule has 0 atom stereocenters. The van der Waals surface area contributed by atoms with Crippen LogP contribution < -0.4 is 16.2 Å². The SMILES string of the molecule is CNCCNc1cnn(C)c(=O)c1Cl. The van der Waals surface area contributed by atoms with E-state index in [1.807, 2.05) is 7.05 Å². The first-order valence-corrected chi connectivity index (χ1v) is 4.65. The zero-order valence-corrected chi connectivity index (χ0v) is 8.93. The molecule has 1 heterocycles. The van der Waals surface area contributed by atoms with Crippen molar-refractivity contribution in [2.24, 2.45) is 7.05 Å². The smallest absolute Gasteiger partial charge is 0.287 e. The van der Waals surface area contributed by atoms with Crippen molar-refractivity contribution in [2.75, 3.05) is 25.5 Å². The number of aromatic nitrogens is 2. The Hall–Kier alpha value is -1.07. The molecule has 0 unspecified atom stereocenters. The molecule has 0 aliphatic heterocycles. The van der Waals surface area contributed by atoms with Crippen LogP contribution in [0.1, 0.15) is 0 Å².